The summed E-state index contributed by atoms with van der Waals surface area (Å²) >= 11 is 0. The van der Waals surface area contributed by atoms with E-state index < -0.39 is 0 Å². The first-order valence-corrected chi connectivity index (χ1v) is 8.84. The smallest absolute Gasteiger partial charge is 0.227 e. The Labute approximate surface area is 148 Å². The molecule has 25 heavy (non-hydrogen) atoms. The van der Waals surface area contributed by atoms with Crippen LogP contribution in [0, 0.1) is 0 Å². The summed E-state index contributed by atoms with van der Waals surface area (Å²) in [7, 11) is 0. The fourth-order valence-electron chi connectivity index (χ4n) is 2.89. The van der Waals surface area contributed by atoms with Gasteiger partial charge in [-0.1, -0.05) is 44.1 Å². The van der Waals surface area contributed by atoms with E-state index in [0.29, 0.717) is 24.6 Å². The molecule has 1 fully saturated rings. The van der Waals surface area contributed by atoms with E-state index in [1.807, 2.05) is 43.9 Å². The maximum absolute atomic E-state index is 12.4. The molecule has 0 aliphatic carbocycles. The van der Waals surface area contributed by atoms with Crippen LogP contribution in [0.3, 0.4) is 0 Å². The second-order valence-electron chi connectivity index (χ2n) is 7.47. The minimum atomic E-state index is -0.139. The number of hydrogen-bond donors (Lipinski definition) is 0. The summed E-state index contributed by atoms with van der Waals surface area (Å²) in [4.78, 5) is 21.1. The molecule has 1 aliphatic heterocycles. The zero-order valence-corrected chi connectivity index (χ0v) is 15.2. The predicted molar refractivity (Wildman–Crippen MR) is 96.6 cm³/mol. The fraction of sp³-hybridized carbons (Fsp3) is 0.526. The van der Waals surface area contributed by atoms with Gasteiger partial charge in [-0.15, -0.1) is 0 Å². The molecule has 134 valence electrons. The third-order valence-electron chi connectivity index (χ3n) is 4.45. The van der Waals surface area contributed by atoms with Gasteiger partial charge in [0.2, 0.25) is 11.8 Å². The molecule has 1 aromatic carbocycles. The lowest BCUT2D eigenvalue weighted by molar-refractivity contribution is -0.131. The number of amides is 1. The molecule has 1 amide bonds. The van der Waals surface area contributed by atoms with Crippen LogP contribution in [-0.2, 0) is 16.6 Å². The van der Waals surface area contributed by atoms with Crippen molar-refractivity contribution in [3.8, 4) is 0 Å². The molecule has 0 N–H and O–H groups in total. The minimum absolute atomic E-state index is 0.139. The molecule has 2 heterocycles. The molecule has 1 aliphatic rings. The van der Waals surface area contributed by atoms with E-state index in [4.69, 9.17) is 4.52 Å². The van der Waals surface area contributed by atoms with E-state index in [2.05, 4.69) is 27.2 Å². The van der Waals surface area contributed by atoms with Gasteiger partial charge >= 0.3 is 0 Å². The molecular formula is C19H26N4O2. The van der Waals surface area contributed by atoms with Gasteiger partial charge in [0.1, 0.15) is 0 Å². The van der Waals surface area contributed by atoms with Crippen molar-refractivity contribution in [2.75, 3.05) is 31.1 Å². The first kappa shape index (κ1) is 17.5. The molecule has 3 rings (SSSR count). The normalized spacial score (nSPS) is 15.5. The van der Waals surface area contributed by atoms with Crippen molar-refractivity contribution >= 4 is 11.6 Å². The molecule has 0 radical (unpaired) electrons. The number of carbonyl (C=O) groups excluding carboxylic acids is 1. The molecule has 6 heteroatoms. The Morgan fingerprint density at radius 1 is 1.12 bits per heavy atom. The van der Waals surface area contributed by atoms with Gasteiger partial charge in [0.25, 0.3) is 0 Å². The van der Waals surface area contributed by atoms with Crippen molar-refractivity contribution in [1.82, 2.24) is 15.0 Å². The lowest BCUT2D eigenvalue weighted by atomic mass is 9.96. The van der Waals surface area contributed by atoms with Crippen LogP contribution in [0.1, 0.15) is 38.9 Å². The van der Waals surface area contributed by atoms with Crippen LogP contribution in [0.5, 0.6) is 0 Å². The first-order chi connectivity index (χ1) is 11.9. The molecule has 1 aromatic heterocycles. The Morgan fingerprint density at radius 3 is 2.40 bits per heavy atom. The second-order valence-corrected chi connectivity index (χ2v) is 7.47. The second kappa shape index (κ2) is 7.25. The average molecular weight is 342 g/mol. The maximum Gasteiger partial charge on any atom is 0.227 e. The molecule has 0 atom stereocenters. The molecule has 0 bridgehead atoms. The topological polar surface area (TPSA) is 62.5 Å². The third-order valence-corrected chi connectivity index (χ3v) is 4.45. The molecule has 0 unspecified atom stereocenters. The van der Waals surface area contributed by atoms with Gasteiger partial charge in [0, 0.05) is 50.1 Å². The van der Waals surface area contributed by atoms with E-state index in [0.717, 1.165) is 26.2 Å². The van der Waals surface area contributed by atoms with Gasteiger partial charge in [-0.05, 0) is 12.1 Å². The van der Waals surface area contributed by atoms with Crippen molar-refractivity contribution < 1.29 is 9.32 Å². The number of aromatic nitrogens is 2. The van der Waals surface area contributed by atoms with Crippen LogP contribution in [-0.4, -0.2) is 47.1 Å². The maximum atomic E-state index is 12.4. The number of benzene rings is 1. The molecule has 0 spiro atoms. The van der Waals surface area contributed by atoms with Crippen LogP contribution in [0.4, 0.5) is 5.69 Å². The van der Waals surface area contributed by atoms with Crippen LogP contribution in [0.2, 0.25) is 0 Å². The van der Waals surface area contributed by atoms with Crippen molar-refractivity contribution in [2.24, 2.45) is 0 Å². The standard InChI is InChI=1S/C19H26N4O2/c1-19(2,3)18-20-16(25-21-18)9-10-17(24)23-13-11-22(12-14-23)15-7-5-4-6-8-15/h4-8H,9-14H2,1-3H3. The van der Waals surface area contributed by atoms with Crippen LogP contribution in [0.25, 0.3) is 0 Å². The highest BCUT2D eigenvalue weighted by Crippen LogP contribution is 2.19. The zero-order chi connectivity index (χ0) is 17.9. The van der Waals surface area contributed by atoms with Crippen LogP contribution >= 0.6 is 0 Å². The summed E-state index contributed by atoms with van der Waals surface area (Å²) in [5.74, 6) is 1.39. The Kier molecular flexibility index (Phi) is 5.06. The van der Waals surface area contributed by atoms with Crippen LogP contribution in [0.15, 0.2) is 34.9 Å². The Morgan fingerprint density at radius 2 is 1.80 bits per heavy atom. The number of carbonyl (C=O) groups is 1. The summed E-state index contributed by atoms with van der Waals surface area (Å²) in [5.41, 5.74) is 1.08. The SMILES string of the molecule is CC(C)(C)c1noc(CCC(=O)N2CCN(c3ccccc3)CC2)n1. The number of nitrogens with zero attached hydrogens (tertiary/aromatic N) is 4. The molecular weight excluding hydrogens is 316 g/mol. The van der Waals surface area contributed by atoms with Crippen molar-refractivity contribution in [2.45, 2.75) is 39.0 Å². The molecule has 6 nitrogen and oxygen atoms in total. The van der Waals surface area contributed by atoms with Gasteiger partial charge in [-0.25, -0.2) is 0 Å². The summed E-state index contributed by atoms with van der Waals surface area (Å²) in [5, 5.41) is 4.00. The Balaban J connectivity index is 1.47. The van der Waals surface area contributed by atoms with Gasteiger partial charge in [-0.2, -0.15) is 4.98 Å². The average Bonchev–Trinajstić information content (AvgIpc) is 3.10. The molecule has 2 aromatic rings. The Bertz CT molecular complexity index is 698. The van der Waals surface area contributed by atoms with E-state index in [9.17, 15) is 4.79 Å². The quantitative estimate of drug-likeness (QED) is 0.855. The molecule has 1 saturated heterocycles. The largest absolute Gasteiger partial charge is 0.368 e. The van der Waals surface area contributed by atoms with Crippen molar-refractivity contribution in [3.05, 3.63) is 42.0 Å². The van der Waals surface area contributed by atoms with Crippen molar-refractivity contribution in [3.63, 3.8) is 0 Å². The number of piperazine rings is 1. The predicted octanol–water partition coefficient (Wildman–Crippen LogP) is 2.65. The summed E-state index contributed by atoms with van der Waals surface area (Å²) in [6.07, 6.45) is 0.915. The lowest BCUT2D eigenvalue weighted by Crippen LogP contribution is -2.48. The number of hydrogen-bond acceptors (Lipinski definition) is 5. The zero-order valence-electron chi connectivity index (χ0n) is 15.2. The van der Waals surface area contributed by atoms with E-state index >= 15 is 0 Å². The number of anilines is 1. The van der Waals surface area contributed by atoms with Crippen molar-refractivity contribution in [1.29, 1.82) is 0 Å². The summed E-state index contributed by atoms with van der Waals surface area (Å²) in [6, 6.07) is 10.3. The van der Waals surface area contributed by atoms with E-state index in [1.165, 1.54) is 5.69 Å². The monoisotopic (exact) mass is 342 g/mol. The molecule has 0 saturated carbocycles. The minimum Gasteiger partial charge on any atom is -0.368 e. The number of aryl methyl sites for hydroxylation is 1. The highest BCUT2D eigenvalue weighted by molar-refractivity contribution is 5.76. The highest BCUT2D eigenvalue weighted by atomic mass is 16.5. The first-order valence-electron chi connectivity index (χ1n) is 8.84. The van der Waals surface area contributed by atoms with E-state index in [1.54, 1.807) is 0 Å². The summed E-state index contributed by atoms with van der Waals surface area (Å²) in [6.45, 7) is 9.36. The van der Waals surface area contributed by atoms with Gasteiger partial charge in [0.15, 0.2) is 5.82 Å². The Hall–Kier alpha value is -2.37. The van der Waals surface area contributed by atoms with E-state index in [-0.39, 0.29) is 11.3 Å². The van der Waals surface area contributed by atoms with Gasteiger partial charge in [0.05, 0.1) is 0 Å². The lowest BCUT2D eigenvalue weighted by Gasteiger charge is -2.36. The number of rotatable bonds is 4. The van der Waals surface area contributed by atoms with Crippen LogP contribution < -0.4 is 4.90 Å². The number of para-hydroxylation sites is 1. The summed E-state index contributed by atoms with van der Waals surface area (Å²) < 4.78 is 5.26. The van der Waals surface area contributed by atoms with Gasteiger partial charge < -0.3 is 14.3 Å². The van der Waals surface area contributed by atoms with Gasteiger partial charge in [-0.3, -0.25) is 4.79 Å². The third kappa shape index (κ3) is 4.38. The highest BCUT2D eigenvalue weighted by Gasteiger charge is 2.23. The fourth-order valence-corrected chi connectivity index (χ4v) is 2.89.